The van der Waals surface area contributed by atoms with Crippen molar-refractivity contribution in [3.8, 4) is 11.8 Å². The number of hydrogen-bond acceptors (Lipinski definition) is 3. The van der Waals surface area contributed by atoms with Gasteiger partial charge in [-0.25, -0.2) is 9.48 Å². The van der Waals surface area contributed by atoms with Gasteiger partial charge in [0, 0.05) is 12.6 Å². The molecule has 18 heavy (non-hydrogen) atoms. The molecule has 0 radical (unpaired) electrons. The summed E-state index contributed by atoms with van der Waals surface area (Å²) in [5, 5.41) is 12.6. The van der Waals surface area contributed by atoms with Gasteiger partial charge in [0.2, 0.25) is 0 Å². The van der Waals surface area contributed by atoms with Crippen molar-refractivity contribution in [3.05, 3.63) is 52.2 Å². The largest absolute Gasteiger partial charge is 0.384 e. The smallest absolute Gasteiger partial charge is 0.345 e. The number of nitrogens with zero attached hydrogens (tertiary/aromatic N) is 3. The van der Waals surface area contributed by atoms with E-state index in [1.54, 1.807) is 7.05 Å². The summed E-state index contributed by atoms with van der Waals surface area (Å²) in [7, 11) is 1.66. The summed E-state index contributed by atoms with van der Waals surface area (Å²) in [5.74, 6) is 5.42. The molecule has 2 aromatic rings. The zero-order valence-electron chi connectivity index (χ0n) is 10.00. The molecule has 92 valence electrons. The predicted molar refractivity (Wildman–Crippen MR) is 67.0 cm³/mol. The molecule has 0 aliphatic carbocycles. The van der Waals surface area contributed by atoms with Crippen LogP contribution >= 0.6 is 0 Å². The van der Waals surface area contributed by atoms with Crippen LogP contribution in [0.3, 0.4) is 0 Å². The van der Waals surface area contributed by atoms with Gasteiger partial charge in [0.05, 0.1) is 6.54 Å². The number of aliphatic hydroxyl groups is 1. The third-order valence-corrected chi connectivity index (χ3v) is 2.46. The molecule has 0 spiro atoms. The van der Waals surface area contributed by atoms with Crippen LogP contribution in [0, 0.1) is 11.8 Å². The van der Waals surface area contributed by atoms with Crippen molar-refractivity contribution in [3.63, 3.8) is 0 Å². The highest BCUT2D eigenvalue weighted by molar-refractivity contribution is 5.37. The predicted octanol–water partition coefficient (Wildman–Crippen LogP) is -0.0261. The molecule has 5 heteroatoms. The molecule has 1 N–H and O–H groups in total. The lowest BCUT2D eigenvalue weighted by Gasteiger charge is -2.01. The first kappa shape index (κ1) is 12.1. The zero-order valence-corrected chi connectivity index (χ0v) is 10.00. The maximum absolute atomic E-state index is 11.6. The number of aliphatic hydroxyl groups excluding tert-OH is 1. The summed E-state index contributed by atoms with van der Waals surface area (Å²) in [5.41, 5.74) is 1.60. The monoisotopic (exact) mass is 243 g/mol. The van der Waals surface area contributed by atoms with E-state index in [1.165, 1.54) is 15.6 Å². The maximum atomic E-state index is 11.6. The first-order chi connectivity index (χ1) is 8.70. The first-order valence-electron chi connectivity index (χ1n) is 5.48. The molecule has 0 aliphatic rings. The van der Waals surface area contributed by atoms with E-state index in [1.807, 2.05) is 24.3 Å². The Morgan fingerprint density at radius 2 is 2.28 bits per heavy atom. The van der Waals surface area contributed by atoms with Crippen LogP contribution in [0.2, 0.25) is 0 Å². The van der Waals surface area contributed by atoms with Crippen molar-refractivity contribution in [1.82, 2.24) is 14.3 Å². The number of aromatic nitrogens is 3. The van der Waals surface area contributed by atoms with Crippen LogP contribution in [-0.4, -0.2) is 26.1 Å². The Hall–Kier alpha value is -2.32. The summed E-state index contributed by atoms with van der Waals surface area (Å²) in [6.07, 6.45) is 1.48. The molecule has 1 aromatic heterocycles. The number of benzene rings is 1. The van der Waals surface area contributed by atoms with E-state index < -0.39 is 0 Å². The van der Waals surface area contributed by atoms with Crippen LogP contribution in [0.5, 0.6) is 0 Å². The highest BCUT2D eigenvalue weighted by atomic mass is 16.2. The molecule has 5 nitrogen and oxygen atoms in total. The molecule has 0 amide bonds. The Kier molecular flexibility index (Phi) is 3.60. The summed E-state index contributed by atoms with van der Waals surface area (Å²) in [6.45, 7) is 0.248. The topological polar surface area (TPSA) is 60.1 Å². The molecule has 0 atom stereocenters. The van der Waals surface area contributed by atoms with Crippen LogP contribution in [0.15, 0.2) is 35.4 Å². The minimum atomic E-state index is -0.163. The molecular weight excluding hydrogens is 230 g/mol. The molecule has 0 aliphatic heterocycles. The van der Waals surface area contributed by atoms with Gasteiger partial charge in [-0.1, -0.05) is 24.0 Å². The lowest BCUT2D eigenvalue weighted by molar-refractivity contribution is 0.350. The molecule has 1 aromatic carbocycles. The van der Waals surface area contributed by atoms with Crippen LogP contribution < -0.4 is 5.69 Å². The van der Waals surface area contributed by atoms with Gasteiger partial charge >= 0.3 is 5.69 Å². The van der Waals surface area contributed by atoms with E-state index in [0.29, 0.717) is 6.54 Å². The average molecular weight is 243 g/mol. The Bertz CT molecular complexity index is 659. The maximum Gasteiger partial charge on any atom is 0.345 e. The van der Waals surface area contributed by atoms with E-state index in [0.717, 1.165) is 11.1 Å². The Labute approximate surface area is 104 Å². The fourth-order valence-corrected chi connectivity index (χ4v) is 1.59. The average Bonchev–Trinajstić information content (AvgIpc) is 2.69. The minimum Gasteiger partial charge on any atom is -0.384 e. The molecule has 0 fully saturated rings. The standard InChI is InChI=1S/C13H13N3O2/c1-15-10-14-16(13(15)18)9-12-5-2-4-11(8-12)6-3-7-17/h2,4-5,8,10,17H,7,9H2,1H3. The second-order valence-corrected chi connectivity index (χ2v) is 3.84. The van der Waals surface area contributed by atoms with E-state index in [2.05, 4.69) is 16.9 Å². The number of hydrogen-bond donors (Lipinski definition) is 1. The van der Waals surface area contributed by atoms with Crippen molar-refractivity contribution < 1.29 is 5.11 Å². The molecule has 0 saturated heterocycles. The molecule has 2 rings (SSSR count). The molecule has 0 saturated carbocycles. The minimum absolute atomic E-state index is 0.151. The quantitative estimate of drug-likeness (QED) is 0.754. The summed E-state index contributed by atoms with van der Waals surface area (Å²) < 4.78 is 2.81. The van der Waals surface area contributed by atoms with Crippen molar-refractivity contribution in [2.45, 2.75) is 6.54 Å². The Morgan fingerprint density at radius 1 is 1.44 bits per heavy atom. The summed E-state index contributed by atoms with van der Waals surface area (Å²) in [4.78, 5) is 11.6. The van der Waals surface area contributed by atoms with E-state index in [-0.39, 0.29) is 12.3 Å². The van der Waals surface area contributed by atoms with Crippen molar-refractivity contribution >= 4 is 0 Å². The third kappa shape index (κ3) is 2.67. The Morgan fingerprint density at radius 3 is 2.94 bits per heavy atom. The molecule has 0 unspecified atom stereocenters. The lowest BCUT2D eigenvalue weighted by atomic mass is 10.1. The van der Waals surface area contributed by atoms with Crippen LogP contribution in [-0.2, 0) is 13.6 Å². The Balaban J connectivity index is 2.24. The molecule has 1 heterocycles. The highest BCUT2D eigenvalue weighted by Crippen LogP contribution is 2.04. The van der Waals surface area contributed by atoms with E-state index in [9.17, 15) is 4.79 Å². The molecular formula is C13H13N3O2. The summed E-state index contributed by atoms with van der Waals surface area (Å²) >= 11 is 0. The second-order valence-electron chi connectivity index (χ2n) is 3.84. The van der Waals surface area contributed by atoms with Gasteiger partial charge in [0.25, 0.3) is 0 Å². The fourth-order valence-electron chi connectivity index (χ4n) is 1.59. The van der Waals surface area contributed by atoms with Crippen molar-refractivity contribution in [2.24, 2.45) is 7.05 Å². The van der Waals surface area contributed by atoms with Gasteiger partial charge in [-0.2, -0.15) is 5.10 Å². The highest BCUT2D eigenvalue weighted by Gasteiger charge is 2.02. The van der Waals surface area contributed by atoms with Gasteiger partial charge < -0.3 is 5.11 Å². The van der Waals surface area contributed by atoms with Gasteiger partial charge in [-0.3, -0.25) is 4.57 Å². The zero-order chi connectivity index (χ0) is 13.0. The summed E-state index contributed by atoms with van der Waals surface area (Å²) in [6, 6.07) is 7.51. The second kappa shape index (κ2) is 5.34. The lowest BCUT2D eigenvalue weighted by Crippen LogP contribution is -2.23. The van der Waals surface area contributed by atoms with Crippen molar-refractivity contribution in [1.29, 1.82) is 0 Å². The van der Waals surface area contributed by atoms with E-state index in [4.69, 9.17) is 5.11 Å². The molecule has 0 bridgehead atoms. The first-order valence-corrected chi connectivity index (χ1v) is 5.48. The van der Waals surface area contributed by atoms with Gasteiger partial charge in [-0.05, 0) is 17.7 Å². The van der Waals surface area contributed by atoms with Crippen molar-refractivity contribution in [2.75, 3.05) is 6.61 Å². The van der Waals surface area contributed by atoms with E-state index >= 15 is 0 Å². The van der Waals surface area contributed by atoms with Gasteiger partial charge in [0.1, 0.15) is 12.9 Å². The number of rotatable bonds is 2. The fraction of sp³-hybridized carbons (Fsp3) is 0.231. The van der Waals surface area contributed by atoms with Crippen LogP contribution in [0.25, 0.3) is 0 Å². The van der Waals surface area contributed by atoms with Crippen LogP contribution in [0.4, 0.5) is 0 Å². The van der Waals surface area contributed by atoms with Crippen LogP contribution in [0.1, 0.15) is 11.1 Å². The van der Waals surface area contributed by atoms with Gasteiger partial charge in [-0.15, -0.1) is 0 Å². The van der Waals surface area contributed by atoms with Gasteiger partial charge in [0.15, 0.2) is 0 Å². The third-order valence-electron chi connectivity index (χ3n) is 2.46. The number of aryl methyl sites for hydroxylation is 1. The normalized spacial score (nSPS) is 9.89. The SMILES string of the molecule is Cn1cnn(Cc2cccc(C#CCO)c2)c1=O.